The van der Waals surface area contributed by atoms with E-state index in [9.17, 15) is 0 Å². The highest BCUT2D eigenvalue weighted by Crippen LogP contribution is 2.27. The Balaban J connectivity index is 1.85. The average Bonchev–Trinajstić information content (AvgIpc) is 2.53. The Hall–Kier alpha value is -1.80. The van der Waals surface area contributed by atoms with E-state index in [-0.39, 0.29) is 5.54 Å². The van der Waals surface area contributed by atoms with E-state index in [2.05, 4.69) is 19.1 Å². The zero-order chi connectivity index (χ0) is 14.3. The second-order valence-electron chi connectivity index (χ2n) is 5.14. The van der Waals surface area contributed by atoms with Crippen molar-refractivity contribution in [3.8, 4) is 5.75 Å². The molecule has 1 atom stereocenters. The summed E-state index contributed by atoms with van der Waals surface area (Å²) in [4.78, 5) is 0. The third kappa shape index (κ3) is 3.84. The van der Waals surface area contributed by atoms with Gasteiger partial charge in [0.15, 0.2) is 0 Å². The summed E-state index contributed by atoms with van der Waals surface area (Å²) in [6.07, 6.45) is 2.82. The van der Waals surface area contributed by atoms with Gasteiger partial charge in [-0.2, -0.15) is 0 Å². The van der Waals surface area contributed by atoms with Crippen LogP contribution in [0.1, 0.15) is 31.7 Å². The standard InChI is InChI=1S/C18H23NO/c1-2-18(19,16-10-5-3-6-11-16)14-9-15-20-17-12-7-4-8-13-17/h3-8,10-13H,2,9,14-15,19H2,1H3. The smallest absolute Gasteiger partial charge is 0.119 e. The first-order valence-corrected chi connectivity index (χ1v) is 7.27. The van der Waals surface area contributed by atoms with Crippen molar-refractivity contribution in [1.29, 1.82) is 0 Å². The lowest BCUT2D eigenvalue weighted by atomic mass is 9.84. The molecule has 0 aliphatic heterocycles. The molecule has 2 nitrogen and oxygen atoms in total. The molecule has 1 unspecified atom stereocenters. The van der Waals surface area contributed by atoms with Crippen molar-refractivity contribution in [3.63, 3.8) is 0 Å². The van der Waals surface area contributed by atoms with Crippen molar-refractivity contribution in [1.82, 2.24) is 0 Å². The van der Waals surface area contributed by atoms with Crippen molar-refractivity contribution in [3.05, 3.63) is 66.2 Å². The van der Waals surface area contributed by atoms with Gasteiger partial charge in [-0.05, 0) is 37.0 Å². The summed E-state index contributed by atoms with van der Waals surface area (Å²) in [7, 11) is 0. The average molecular weight is 269 g/mol. The highest BCUT2D eigenvalue weighted by atomic mass is 16.5. The number of hydrogen-bond acceptors (Lipinski definition) is 2. The van der Waals surface area contributed by atoms with Gasteiger partial charge in [0.25, 0.3) is 0 Å². The third-order valence-electron chi connectivity index (χ3n) is 3.76. The maximum Gasteiger partial charge on any atom is 0.119 e. The SMILES string of the molecule is CCC(N)(CCCOc1ccccc1)c1ccccc1. The third-order valence-corrected chi connectivity index (χ3v) is 3.76. The fourth-order valence-corrected chi connectivity index (χ4v) is 2.39. The Morgan fingerprint density at radius 1 is 0.950 bits per heavy atom. The van der Waals surface area contributed by atoms with Crippen LogP contribution in [0.3, 0.4) is 0 Å². The fourth-order valence-electron chi connectivity index (χ4n) is 2.39. The van der Waals surface area contributed by atoms with Gasteiger partial charge in [0.05, 0.1) is 6.61 Å². The van der Waals surface area contributed by atoms with Crippen LogP contribution in [0.4, 0.5) is 0 Å². The molecular formula is C18H23NO. The van der Waals surface area contributed by atoms with Crippen LogP contribution in [0.5, 0.6) is 5.75 Å². The summed E-state index contributed by atoms with van der Waals surface area (Å²) in [6.45, 7) is 2.85. The Bertz CT molecular complexity index is 497. The molecule has 0 bridgehead atoms. The van der Waals surface area contributed by atoms with Crippen molar-refractivity contribution in [2.45, 2.75) is 31.7 Å². The van der Waals surface area contributed by atoms with Crippen LogP contribution in [0.2, 0.25) is 0 Å². The van der Waals surface area contributed by atoms with Crippen molar-refractivity contribution >= 4 is 0 Å². The molecule has 2 N–H and O–H groups in total. The van der Waals surface area contributed by atoms with E-state index in [1.54, 1.807) is 0 Å². The lowest BCUT2D eigenvalue weighted by Gasteiger charge is -2.29. The minimum atomic E-state index is -0.249. The number of benzene rings is 2. The Morgan fingerprint density at radius 3 is 2.15 bits per heavy atom. The van der Waals surface area contributed by atoms with Gasteiger partial charge in [-0.15, -0.1) is 0 Å². The molecule has 0 heterocycles. The number of hydrogen-bond donors (Lipinski definition) is 1. The number of rotatable bonds is 7. The molecule has 2 rings (SSSR count). The minimum absolute atomic E-state index is 0.249. The lowest BCUT2D eigenvalue weighted by molar-refractivity contribution is 0.276. The van der Waals surface area contributed by atoms with E-state index >= 15 is 0 Å². The molecule has 0 fully saturated rings. The van der Waals surface area contributed by atoms with Crippen LogP contribution in [-0.4, -0.2) is 6.61 Å². The van der Waals surface area contributed by atoms with Crippen LogP contribution < -0.4 is 10.5 Å². The molecule has 0 amide bonds. The number of para-hydroxylation sites is 1. The molecule has 106 valence electrons. The normalized spacial score (nSPS) is 13.7. The molecule has 0 aliphatic rings. The lowest BCUT2D eigenvalue weighted by Crippen LogP contribution is -2.36. The first-order valence-electron chi connectivity index (χ1n) is 7.27. The second-order valence-corrected chi connectivity index (χ2v) is 5.14. The fraction of sp³-hybridized carbons (Fsp3) is 0.333. The van der Waals surface area contributed by atoms with Crippen molar-refractivity contribution < 1.29 is 4.74 Å². The molecule has 0 aliphatic carbocycles. The monoisotopic (exact) mass is 269 g/mol. The van der Waals surface area contributed by atoms with E-state index in [1.807, 2.05) is 48.5 Å². The molecule has 0 saturated carbocycles. The zero-order valence-electron chi connectivity index (χ0n) is 12.1. The number of nitrogens with two attached hydrogens (primary N) is 1. The van der Waals surface area contributed by atoms with E-state index in [4.69, 9.17) is 10.5 Å². The molecule has 0 aromatic heterocycles. The summed E-state index contributed by atoms with van der Waals surface area (Å²) < 4.78 is 5.73. The largest absolute Gasteiger partial charge is 0.494 e. The van der Waals surface area contributed by atoms with E-state index < -0.39 is 0 Å². The van der Waals surface area contributed by atoms with Gasteiger partial charge in [0.1, 0.15) is 5.75 Å². The molecular weight excluding hydrogens is 246 g/mol. The molecule has 0 radical (unpaired) electrons. The predicted molar refractivity (Wildman–Crippen MR) is 83.8 cm³/mol. The molecule has 2 heteroatoms. The highest BCUT2D eigenvalue weighted by molar-refractivity contribution is 5.24. The summed E-state index contributed by atoms with van der Waals surface area (Å²) in [5.41, 5.74) is 7.50. The first kappa shape index (κ1) is 14.6. The Morgan fingerprint density at radius 2 is 1.55 bits per heavy atom. The summed E-state index contributed by atoms with van der Waals surface area (Å²) in [5, 5.41) is 0. The van der Waals surface area contributed by atoms with E-state index in [0.717, 1.165) is 25.0 Å². The molecule has 20 heavy (non-hydrogen) atoms. The van der Waals surface area contributed by atoms with Crippen LogP contribution in [0.25, 0.3) is 0 Å². The molecule has 0 saturated heterocycles. The van der Waals surface area contributed by atoms with Crippen molar-refractivity contribution in [2.24, 2.45) is 5.73 Å². The highest BCUT2D eigenvalue weighted by Gasteiger charge is 2.24. The topological polar surface area (TPSA) is 35.2 Å². The van der Waals surface area contributed by atoms with Gasteiger partial charge < -0.3 is 10.5 Å². The minimum Gasteiger partial charge on any atom is -0.494 e. The van der Waals surface area contributed by atoms with Crippen LogP contribution in [-0.2, 0) is 5.54 Å². The summed E-state index contributed by atoms with van der Waals surface area (Å²) in [6, 6.07) is 20.3. The summed E-state index contributed by atoms with van der Waals surface area (Å²) >= 11 is 0. The van der Waals surface area contributed by atoms with Crippen LogP contribution in [0, 0.1) is 0 Å². The molecule has 0 spiro atoms. The van der Waals surface area contributed by atoms with Gasteiger partial charge in [0.2, 0.25) is 0 Å². The van der Waals surface area contributed by atoms with Gasteiger partial charge in [0, 0.05) is 5.54 Å². The van der Waals surface area contributed by atoms with Crippen molar-refractivity contribution in [2.75, 3.05) is 6.61 Å². The maximum absolute atomic E-state index is 6.54. The predicted octanol–water partition coefficient (Wildman–Crippen LogP) is 4.11. The second kappa shape index (κ2) is 7.11. The van der Waals surface area contributed by atoms with Gasteiger partial charge in [-0.3, -0.25) is 0 Å². The van der Waals surface area contributed by atoms with Gasteiger partial charge in [-0.1, -0.05) is 55.5 Å². The van der Waals surface area contributed by atoms with Crippen LogP contribution in [0.15, 0.2) is 60.7 Å². The maximum atomic E-state index is 6.54. The van der Waals surface area contributed by atoms with Crippen LogP contribution >= 0.6 is 0 Å². The van der Waals surface area contributed by atoms with Gasteiger partial charge >= 0.3 is 0 Å². The Kier molecular flexibility index (Phi) is 5.19. The van der Waals surface area contributed by atoms with Gasteiger partial charge in [-0.25, -0.2) is 0 Å². The molecule has 2 aromatic carbocycles. The Labute approximate surface area is 121 Å². The van der Waals surface area contributed by atoms with E-state index in [0.29, 0.717) is 6.61 Å². The first-order chi connectivity index (χ1) is 9.74. The van der Waals surface area contributed by atoms with E-state index in [1.165, 1.54) is 5.56 Å². The zero-order valence-corrected chi connectivity index (χ0v) is 12.1. The quantitative estimate of drug-likeness (QED) is 0.768. The summed E-state index contributed by atoms with van der Waals surface area (Å²) in [5.74, 6) is 0.923. The number of ether oxygens (including phenoxy) is 1. The molecule has 2 aromatic rings.